The zero-order valence-electron chi connectivity index (χ0n) is 7.41. The molecule has 0 atom stereocenters. The van der Waals surface area contributed by atoms with Crippen molar-refractivity contribution in [3.05, 3.63) is 0 Å². The van der Waals surface area contributed by atoms with Gasteiger partial charge in [0.25, 0.3) is 0 Å². The number of rotatable bonds is 2. The van der Waals surface area contributed by atoms with E-state index in [-0.39, 0.29) is 0 Å². The first-order valence-electron chi connectivity index (χ1n) is 3.46. The van der Waals surface area contributed by atoms with E-state index in [2.05, 4.69) is 0 Å². The number of alkyl halides is 10. The predicted molar refractivity (Wildman–Crippen MR) is 33.6 cm³/mol. The third-order valence-electron chi connectivity index (χ3n) is 1.74. The molecule has 0 bridgehead atoms. The van der Waals surface area contributed by atoms with Crippen molar-refractivity contribution < 1.29 is 56.5 Å². The Balaban J connectivity index is 6.18. The Morgan fingerprint density at radius 2 is 0.611 bits per heavy atom. The molecule has 0 aliphatic rings. The summed E-state index contributed by atoms with van der Waals surface area (Å²) in [6, 6.07) is 0. The van der Waals surface area contributed by atoms with E-state index in [0.29, 0.717) is 0 Å². The Bertz CT molecular complexity index is 294. The Morgan fingerprint density at radius 1 is 0.444 bits per heavy atom. The van der Waals surface area contributed by atoms with Crippen molar-refractivity contribution in [1.29, 1.82) is 0 Å². The van der Waals surface area contributed by atoms with Gasteiger partial charge in [-0.3, -0.25) is 0 Å². The fourth-order valence-electron chi connectivity index (χ4n) is 0.660. The van der Waals surface area contributed by atoms with Crippen LogP contribution in [0.4, 0.5) is 56.5 Å². The van der Waals surface area contributed by atoms with Crippen LogP contribution < -0.4 is 0 Å². The van der Waals surface area contributed by atoms with E-state index in [0.717, 1.165) is 0 Å². The molecular formula is C4HF13P-. The van der Waals surface area contributed by atoms with Gasteiger partial charge in [-0.2, -0.15) is 0 Å². The molecule has 114 valence electrons. The van der Waals surface area contributed by atoms with Gasteiger partial charge >= 0.3 is 87.7 Å². The average Bonchev–Trinajstić information content (AvgIpc) is 1.97. The van der Waals surface area contributed by atoms with Crippen LogP contribution in [-0.2, 0) is 0 Å². The number of hydrogen-bond acceptors (Lipinski definition) is 0. The van der Waals surface area contributed by atoms with Gasteiger partial charge in [0.2, 0.25) is 0 Å². The van der Waals surface area contributed by atoms with Gasteiger partial charge in [0, 0.05) is 0 Å². The van der Waals surface area contributed by atoms with Gasteiger partial charge in [0.1, 0.15) is 0 Å². The van der Waals surface area contributed by atoms with Gasteiger partial charge in [-0.05, 0) is 0 Å². The van der Waals surface area contributed by atoms with Crippen LogP contribution in [0.25, 0.3) is 0 Å². The van der Waals surface area contributed by atoms with Crippen LogP contribution in [0, 0.1) is 0 Å². The van der Waals surface area contributed by atoms with Crippen molar-refractivity contribution in [3.63, 3.8) is 0 Å². The van der Waals surface area contributed by atoms with E-state index in [9.17, 15) is 56.5 Å². The zero-order valence-corrected chi connectivity index (χ0v) is 8.41. The molecule has 0 fully saturated rings. The molecule has 0 spiro atoms. The molecular weight excluding hydrogens is 326 g/mol. The summed E-state index contributed by atoms with van der Waals surface area (Å²) in [6.45, 7) is 0. The van der Waals surface area contributed by atoms with Gasteiger partial charge in [-0.25, -0.2) is 0 Å². The summed E-state index contributed by atoms with van der Waals surface area (Å²) < 4.78 is 153. The van der Waals surface area contributed by atoms with E-state index < -0.39 is 31.2 Å². The van der Waals surface area contributed by atoms with Gasteiger partial charge in [-0.15, -0.1) is 0 Å². The first-order chi connectivity index (χ1) is 7.29. The summed E-state index contributed by atoms with van der Waals surface area (Å²) in [7, 11) is -11.6. The molecule has 0 aromatic carbocycles. The van der Waals surface area contributed by atoms with Crippen molar-refractivity contribution in [1.82, 2.24) is 0 Å². The van der Waals surface area contributed by atoms with Crippen molar-refractivity contribution in [3.8, 4) is 0 Å². The van der Waals surface area contributed by atoms with Crippen LogP contribution in [0.15, 0.2) is 0 Å². The van der Waals surface area contributed by atoms with Gasteiger partial charge < -0.3 is 0 Å². The SMILES string of the molecule is FC(F)(F)C(F)(F)[PH-](F)(F)(F)C(F)(F)C(F)(F)F. The van der Waals surface area contributed by atoms with E-state index in [1.165, 1.54) is 0 Å². The molecule has 0 N–H and O–H groups in total. The second-order valence-electron chi connectivity index (χ2n) is 3.05. The Morgan fingerprint density at radius 3 is 0.722 bits per heavy atom. The minimum atomic E-state index is -11.6. The zero-order chi connectivity index (χ0) is 15.4. The molecule has 0 aromatic heterocycles. The second kappa shape index (κ2) is 3.54. The summed E-state index contributed by atoms with van der Waals surface area (Å²) in [5.74, 6) is 0. The summed E-state index contributed by atoms with van der Waals surface area (Å²) >= 11 is 0. The van der Waals surface area contributed by atoms with Gasteiger partial charge in [0.05, 0.1) is 0 Å². The molecule has 0 heterocycles. The van der Waals surface area contributed by atoms with Crippen LogP contribution in [0.5, 0.6) is 0 Å². The Hall–Kier alpha value is -0.480. The standard InChI is InChI=1S/C4HF13P/c5-1(6,7)3(11,12)18(15,16,17)4(13,14)2(8,9)10/h18H/q-1. The number of halogens is 13. The van der Waals surface area contributed by atoms with E-state index in [1.54, 1.807) is 0 Å². The maximum absolute atomic E-state index is 12.2. The normalized spacial score (nSPS) is 18.4. The topological polar surface area (TPSA) is 0 Å². The van der Waals surface area contributed by atoms with Crippen molar-refractivity contribution in [2.75, 3.05) is 0 Å². The van der Waals surface area contributed by atoms with E-state index in [1.807, 2.05) is 0 Å². The summed E-state index contributed by atoms with van der Waals surface area (Å²) in [5, 5.41) is 0. The molecule has 0 nitrogen and oxygen atoms in total. The summed E-state index contributed by atoms with van der Waals surface area (Å²) in [4.78, 5) is 0. The van der Waals surface area contributed by atoms with Crippen LogP contribution in [0.2, 0.25) is 0 Å². The Kier molecular flexibility index (Phi) is 3.45. The van der Waals surface area contributed by atoms with Crippen LogP contribution in [0.1, 0.15) is 0 Å². The van der Waals surface area contributed by atoms with Gasteiger partial charge in [-0.1, -0.05) is 0 Å². The van der Waals surface area contributed by atoms with Crippen molar-refractivity contribution in [2.24, 2.45) is 0 Å². The van der Waals surface area contributed by atoms with Gasteiger partial charge in [0.15, 0.2) is 0 Å². The van der Waals surface area contributed by atoms with Crippen LogP contribution >= 0.6 is 7.54 Å². The van der Waals surface area contributed by atoms with Crippen LogP contribution in [-0.4, -0.2) is 23.7 Å². The maximum atomic E-state index is 12.2. The molecule has 0 rings (SSSR count). The fourth-order valence-corrected chi connectivity index (χ4v) is 1.98. The molecule has 0 aromatic rings. The van der Waals surface area contributed by atoms with Crippen LogP contribution in [0.3, 0.4) is 0 Å². The molecule has 0 unspecified atom stereocenters. The molecule has 0 saturated heterocycles. The second-order valence-corrected chi connectivity index (χ2v) is 6.12. The average molecular weight is 327 g/mol. The molecule has 0 radical (unpaired) electrons. The predicted octanol–water partition coefficient (Wildman–Crippen LogP) is 5.24. The third kappa shape index (κ3) is 1.90. The number of hydrogen-bond donors (Lipinski definition) is 0. The first kappa shape index (κ1) is 17.5. The van der Waals surface area contributed by atoms with Crippen molar-refractivity contribution in [2.45, 2.75) is 23.7 Å². The molecule has 0 saturated carbocycles. The van der Waals surface area contributed by atoms with E-state index in [4.69, 9.17) is 0 Å². The summed E-state index contributed by atoms with van der Waals surface area (Å²) in [6.07, 6.45) is -15.2. The first-order valence-corrected chi connectivity index (χ1v) is 5.59. The third-order valence-corrected chi connectivity index (χ3v) is 4.36. The molecule has 0 aliphatic heterocycles. The molecule has 18 heavy (non-hydrogen) atoms. The molecule has 0 amide bonds. The monoisotopic (exact) mass is 327 g/mol. The van der Waals surface area contributed by atoms with Crippen molar-refractivity contribution >= 4 is 7.54 Å². The molecule has 14 heteroatoms. The Labute approximate surface area is 89.0 Å². The molecule has 0 aliphatic carbocycles. The fraction of sp³-hybridized carbons (Fsp3) is 1.00. The quantitative estimate of drug-likeness (QED) is 0.481. The summed E-state index contributed by atoms with van der Waals surface area (Å²) in [5.41, 5.74) is -16.2. The minimum absolute atomic E-state index is 7.60. The van der Waals surface area contributed by atoms with E-state index >= 15 is 0 Å².